The van der Waals surface area contributed by atoms with Gasteiger partial charge in [-0.1, -0.05) is 54.4 Å². The number of rotatable bonds is 6. The number of hydrogen-bond acceptors (Lipinski definition) is 1. The molecule has 0 N–H and O–H groups in total. The molecule has 3 fully saturated rings. The molecule has 3 saturated carbocycles. The van der Waals surface area contributed by atoms with Crippen LogP contribution in [0.1, 0.15) is 106 Å². The molecule has 0 amide bonds. The van der Waals surface area contributed by atoms with E-state index < -0.39 is 6.17 Å². The van der Waals surface area contributed by atoms with Crippen LogP contribution in [0, 0.1) is 52.3 Å². The van der Waals surface area contributed by atoms with Crippen molar-refractivity contribution < 1.29 is 9.18 Å². The molecule has 0 aliphatic heterocycles. The molecule has 9 atom stereocenters. The molecule has 0 spiro atoms. The van der Waals surface area contributed by atoms with E-state index in [2.05, 4.69) is 41.5 Å². The third-order valence-corrected chi connectivity index (χ3v) is 11.2. The number of halogens is 1. The van der Waals surface area contributed by atoms with E-state index in [-0.39, 0.29) is 11.2 Å². The molecule has 0 saturated heterocycles. The molecule has 4 aliphatic rings. The maximum absolute atomic E-state index is 15.5. The fourth-order valence-electron chi connectivity index (χ4n) is 9.22. The second-order valence-electron chi connectivity index (χ2n) is 12.8. The molecule has 0 heterocycles. The van der Waals surface area contributed by atoms with E-state index in [1.807, 2.05) is 0 Å². The summed E-state index contributed by atoms with van der Waals surface area (Å²) in [7, 11) is 0. The van der Waals surface area contributed by atoms with Gasteiger partial charge in [0.1, 0.15) is 6.17 Å². The van der Waals surface area contributed by atoms with Gasteiger partial charge < -0.3 is 0 Å². The van der Waals surface area contributed by atoms with Gasteiger partial charge in [0.05, 0.1) is 0 Å². The predicted octanol–water partition coefficient (Wildman–Crippen LogP) is 8.18. The first-order valence-electron chi connectivity index (χ1n) is 13.5. The number of hydrogen-bond donors (Lipinski definition) is 0. The minimum absolute atomic E-state index is 0.0765. The van der Waals surface area contributed by atoms with E-state index in [9.17, 15) is 4.79 Å². The molecule has 176 valence electrons. The zero-order chi connectivity index (χ0) is 22.6. The van der Waals surface area contributed by atoms with E-state index in [1.54, 1.807) is 6.08 Å². The van der Waals surface area contributed by atoms with Crippen molar-refractivity contribution in [2.75, 3.05) is 0 Å². The maximum atomic E-state index is 15.5. The quantitative estimate of drug-likeness (QED) is 0.415. The fourth-order valence-corrected chi connectivity index (χ4v) is 9.22. The highest BCUT2D eigenvalue weighted by Crippen LogP contribution is 2.68. The second kappa shape index (κ2) is 8.60. The standard InChI is InChI=1S/C29H47FO/c1-7-20(18(2)3)9-8-19(4)23-10-11-24-22-17-27(30)26-16-21(31)12-14-29(26,6)25(22)13-15-28(23,24)5/h16,18-20,22-25,27H,7-15,17H2,1-6H3/t19-,20-,22+,23-,24+,25+,27+,28-,29-/m1/s1. The summed E-state index contributed by atoms with van der Waals surface area (Å²) in [6, 6.07) is 0. The van der Waals surface area contributed by atoms with Crippen LogP contribution < -0.4 is 0 Å². The Morgan fingerprint density at radius 2 is 1.81 bits per heavy atom. The van der Waals surface area contributed by atoms with Crippen LogP contribution in [0.5, 0.6) is 0 Å². The first-order chi connectivity index (χ1) is 14.6. The lowest BCUT2D eigenvalue weighted by Crippen LogP contribution is -2.53. The van der Waals surface area contributed by atoms with E-state index in [0.29, 0.717) is 36.0 Å². The van der Waals surface area contributed by atoms with Crippen LogP contribution in [0.3, 0.4) is 0 Å². The lowest BCUT2D eigenvalue weighted by molar-refractivity contribution is -0.118. The van der Waals surface area contributed by atoms with E-state index in [4.69, 9.17) is 0 Å². The third-order valence-electron chi connectivity index (χ3n) is 11.2. The van der Waals surface area contributed by atoms with Crippen LogP contribution in [0.25, 0.3) is 0 Å². The van der Waals surface area contributed by atoms with Crippen LogP contribution >= 0.6 is 0 Å². The fraction of sp³-hybridized carbons (Fsp3) is 0.897. The average Bonchev–Trinajstić information content (AvgIpc) is 3.07. The van der Waals surface area contributed by atoms with E-state index >= 15 is 4.39 Å². The number of fused-ring (bicyclic) bond motifs is 5. The molecule has 0 radical (unpaired) electrons. The van der Waals surface area contributed by atoms with Crippen molar-refractivity contribution in [2.45, 2.75) is 112 Å². The molecule has 2 heteroatoms. The van der Waals surface area contributed by atoms with E-state index in [1.165, 1.54) is 44.9 Å². The van der Waals surface area contributed by atoms with Gasteiger partial charge in [0.15, 0.2) is 5.78 Å². The topological polar surface area (TPSA) is 17.1 Å². The number of alkyl halides is 1. The van der Waals surface area contributed by atoms with Gasteiger partial charge in [-0.3, -0.25) is 4.79 Å². The molecule has 1 nitrogen and oxygen atoms in total. The summed E-state index contributed by atoms with van der Waals surface area (Å²) in [6.45, 7) is 14.5. The van der Waals surface area contributed by atoms with Crippen molar-refractivity contribution in [3.05, 3.63) is 11.6 Å². The highest BCUT2D eigenvalue weighted by Gasteiger charge is 2.61. The van der Waals surface area contributed by atoms with Crippen molar-refractivity contribution >= 4 is 5.78 Å². The van der Waals surface area contributed by atoms with Gasteiger partial charge in [0, 0.05) is 6.42 Å². The number of ketones is 1. The van der Waals surface area contributed by atoms with Gasteiger partial charge in [0.25, 0.3) is 0 Å². The van der Waals surface area contributed by atoms with Gasteiger partial charge in [-0.05, 0) is 109 Å². The minimum Gasteiger partial charge on any atom is -0.295 e. The third kappa shape index (κ3) is 3.86. The van der Waals surface area contributed by atoms with Crippen molar-refractivity contribution in [3.8, 4) is 0 Å². The summed E-state index contributed by atoms with van der Waals surface area (Å²) in [5.74, 6) is 5.15. The van der Waals surface area contributed by atoms with Crippen molar-refractivity contribution in [3.63, 3.8) is 0 Å². The first-order valence-corrected chi connectivity index (χ1v) is 13.5. The van der Waals surface area contributed by atoms with Crippen LogP contribution in [0.15, 0.2) is 11.6 Å². The second-order valence-corrected chi connectivity index (χ2v) is 12.8. The Labute approximate surface area is 191 Å². The van der Waals surface area contributed by atoms with Crippen molar-refractivity contribution in [1.82, 2.24) is 0 Å². The molecular formula is C29H47FO. The average molecular weight is 431 g/mol. The highest BCUT2D eigenvalue weighted by atomic mass is 19.1. The van der Waals surface area contributed by atoms with Crippen molar-refractivity contribution in [1.29, 1.82) is 0 Å². The Morgan fingerprint density at radius 1 is 1.06 bits per heavy atom. The highest BCUT2D eigenvalue weighted by molar-refractivity contribution is 5.91. The number of carbonyl (C=O) groups excluding carboxylic acids is 1. The smallest absolute Gasteiger partial charge is 0.155 e. The van der Waals surface area contributed by atoms with Gasteiger partial charge in [0.2, 0.25) is 0 Å². The normalized spacial score (nSPS) is 44.3. The van der Waals surface area contributed by atoms with Gasteiger partial charge >= 0.3 is 0 Å². The largest absolute Gasteiger partial charge is 0.295 e. The molecule has 0 aromatic rings. The summed E-state index contributed by atoms with van der Waals surface area (Å²) in [4.78, 5) is 12.0. The lowest BCUT2D eigenvalue weighted by Gasteiger charge is -2.59. The first kappa shape index (κ1) is 23.5. The molecule has 4 aliphatic carbocycles. The minimum atomic E-state index is -0.898. The Kier molecular flexibility index (Phi) is 6.52. The number of allylic oxidation sites excluding steroid dienone is 1. The number of carbonyl (C=O) groups is 1. The summed E-state index contributed by atoms with van der Waals surface area (Å²) in [6.07, 6.45) is 12.2. The van der Waals surface area contributed by atoms with Crippen LogP contribution in [-0.4, -0.2) is 12.0 Å². The summed E-state index contributed by atoms with van der Waals surface area (Å²) in [5, 5.41) is 0. The molecule has 0 aromatic heterocycles. The summed E-state index contributed by atoms with van der Waals surface area (Å²) < 4.78 is 15.5. The van der Waals surface area contributed by atoms with Crippen LogP contribution in [0.4, 0.5) is 4.39 Å². The van der Waals surface area contributed by atoms with Gasteiger partial charge in [-0.2, -0.15) is 0 Å². The monoisotopic (exact) mass is 430 g/mol. The zero-order valence-corrected chi connectivity index (χ0v) is 21.1. The Balaban J connectivity index is 1.51. The predicted molar refractivity (Wildman–Crippen MR) is 127 cm³/mol. The lowest BCUT2D eigenvalue weighted by atomic mass is 9.46. The van der Waals surface area contributed by atoms with Crippen molar-refractivity contribution in [2.24, 2.45) is 52.3 Å². The molecule has 0 bridgehead atoms. The molecule has 0 unspecified atom stereocenters. The van der Waals surface area contributed by atoms with Gasteiger partial charge in [-0.25, -0.2) is 4.39 Å². The molecule has 31 heavy (non-hydrogen) atoms. The Bertz CT molecular complexity index is 710. The molecule has 4 rings (SSSR count). The maximum Gasteiger partial charge on any atom is 0.155 e. The zero-order valence-electron chi connectivity index (χ0n) is 21.1. The molecular weight excluding hydrogens is 383 g/mol. The SMILES string of the molecule is CC[C@H](CC[C@@H](C)[C@H]1CC[C@H]2[C@@H]3C[C@H](F)C4=CC(=O)CC[C@]4(C)[C@H]3CC[C@]12C)C(C)C. The summed E-state index contributed by atoms with van der Waals surface area (Å²) in [5.41, 5.74) is 1.17. The summed E-state index contributed by atoms with van der Waals surface area (Å²) >= 11 is 0. The van der Waals surface area contributed by atoms with Crippen LogP contribution in [0.2, 0.25) is 0 Å². The van der Waals surface area contributed by atoms with Gasteiger partial charge in [-0.15, -0.1) is 0 Å². The Hall–Kier alpha value is -0.660. The Morgan fingerprint density at radius 3 is 2.48 bits per heavy atom. The molecule has 0 aromatic carbocycles. The van der Waals surface area contributed by atoms with E-state index in [0.717, 1.165) is 35.7 Å². The van der Waals surface area contributed by atoms with Crippen LogP contribution in [-0.2, 0) is 4.79 Å².